The van der Waals surface area contributed by atoms with Gasteiger partial charge in [0.2, 0.25) is 0 Å². The first-order chi connectivity index (χ1) is 8.50. The highest BCUT2D eigenvalue weighted by Gasteiger charge is 2.29. The van der Waals surface area contributed by atoms with E-state index in [0.29, 0.717) is 5.56 Å². The number of alkyl halides is 1. The van der Waals surface area contributed by atoms with Crippen molar-refractivity contribution in [3.63, 3.8) is 0 Å². The van der Waals surface area contributed by atoms with E-state index in [0.717, 1.165) is 4.47 Å². The van der Waals surface area contributed by atoms with E-state index >= 15 is 0 Å². The summed E-state index contributed by atoms with van der Waals surface area (Å²) in [4.78, 5) is 0. The van der Waals surface area contributed by atoms with Gasteiger partial charge in [0, 0.05) is 4.47 Å². The van der Waals surface area contributed by atoms with E-state index in [1.807, 2.05) is 0 Å². The maximum Gasteiger partial charge on any atom is 0.333 e. The molecule has 0 aliphatic rings. The summed E-state index contributed by atoms with van der Waals surface area (Å²) in [7, 11) is -3.34. The van der Waals surface area contributed by atoms with Gasteiger partial charge in [-0.2, -0.15) is 0 Å². The molecule has 0 radical (unpaired) electrons. The van der Waals surface area contributed by atoms with E-state index in [-0.39, 0.29) is 19.4 Å². The fourth-order valence-corrected chi connectivity index (χ4v) is 3.45. The van der Waals surface area contributed by atoms with Crippen molar-refractivity contribution in [1.29, 1.82) is 0 Å². The smallest absolute Gasteiger partial charge is 0.309 e. The van der Waals surface area contributed by atoms with Crippen molar-refractivity contribution in [2.45, 2.75) is 20.0 Å². The minimum absolute atomic E-state index is 0.240. The summed E-state index contributed by atoms with van der Waals surface area (Å²) in [5, 5.41) is 0. The van der Waals surface area contributed by atoms with Crippen LogP contribution < -0.4 is 0 Å². The lowest BCUT2D eigenvalue weighted by molar-refractivity contribution is 0.210. The fourth-order valence-electron chi connectivity index (χ4n) is 1.51. The van der Waals surface area contributed by atoms with Gasteiger partial charge in [-0.05, 0) is 31.5 Å². The standard InChI is InChI=1S/C12H17BrFO3P/c1-3-16-18(15,17-4-2)9-12(14)10-5-7-11(13)8-6-10/h5-8,12H,3-4,9H2,1-2H3/t12-/m0/s1. The van der Waals surface area contributed by atoms with Crippen molar-refractivity contribution in [2.75, 3.05) is 19.4 Å². The average molecular weight is 339 g/mol. The van der Waals surface area contributed by atoms with Crippen LogP contribution >= 0.6 is 23.5 Å². The van der Waals surface area contributed by atoms with E-state index < -0.39 is 13.8 Å². The molecule has 0 aliphatic heterocycles. The number of halogens is 2. The Morgan fingerprint density at radius 2 is 1.72 bits per heavy atom. The van der Waals surface area contributed by atoms with Gasteiger partial charge in [-0.15, -0.1) is 0 Å². The van der Waals surface area contributed by atoms with Gasteiger partial charge < -0.3 is 9.05 Å². The van der Waals surface area contributed by atoms with Crippen LogP contribution in [-0.2, 0) is 13.6 Å². The lowest BCUT2D eigenvalue weighted by atomic mass is 10.1. The molecule has 0 N–H and O–H groups in total. The number of hydrogen-bond donors (Lipinski definition) is 0. The van der Waals surface area contributed by atoms with Crippen LogP contribution in [0.5, 0.6) is 0 Å². The largest absolute Gasteiger partial charge is 0.333 e. The van der Waals surface area contributed by atoms with Crippen LogP contribution in [0.3, 0.4) is 0 Å². The fraction of sp³-hybridized carbons (Fsp3) is 0.500. The van der Waals surface area contributed by atoms with E-state index in [9.17, 15) is 8.96 Å². The SMILES string of the molecule is CCOP(=O)(C[C@H](F)c1ccc(Br)cc1)OCC. The van der Waals surface area contributed by atoms with E-state index in [2.05, 4.69) is 15.9 Å². The molecular formula is C12H17BrFO3P. The highest BCUT2D eigenvalue weighted by atomic mass is 79.9. The van der Waals surface area contributed by atoms with Crippen molar-refractivity contribution in [1.82, 2.24) is 0 Å². The Bertz CT molecular complexity index is 400. The quantitative estimate of drug-likeness (QED) is 0.674. The lowest BCUT2D eigenvalue weighted by Gasteiger charge is -2.19. The molecule has 0 heterocycles. The van der Waals surface area contributed by atoms with Crippen LogP contribution in [0.25, 0.3) is 0 Å². The third kappa shape index (κ3) is 4.81. The van der Waals surface area contributed by atoms with Crippen LogP contribution in [-0.4, -0.2) is 19.4 Å². The molecule has 6 heteroatoms. The molecule has 0 amide bonds. The normalized spacial score (nSPS) is 13.6. The topological polar surface area (TPSA) is 35.5 Å². The third-order valence-corrected chi connectivity index (χ3v) is 4.87. The van der Waals surface area contributed by atoms with Crippen LogP contribution in [0.1, 0.15) is 25.6 Å². The maximum absolute atomic E-state index is 14.1. The van der Waals surface area contributed by atoms with Gasteiger partial charge in [-0.1, -0.05) is 28.1 Å². The van der Waals surface area contributed by atoms with Gasteiger partial charge in [0.25, 0.3) is 0 Å². The van der Waals surface area contributed by atoms with Gasteiger partial charge in [-0.25, -0.2) is 4.39 Å². The van der Waals surface area contributed by atoms with Crippen LogP contribution in [0, 0.1) is 0 Å². The van der Waals surface area contributed by atoms with E-state index in [1.54, 1.807) is 38.1 Å². The molecule has 1 aromatic rings. The second kappa shape index (κ2) is 7.39. The number of hydrogen-bond acceptors (Lipinski definition) is 3. The summed E-state index contributed by atoms with van der Waals surface area (Å²) in [6.45, 7) is 3.89. The molecule has 0 saturated heterocycles. The van der Waals surface area contributed by atoms with Crippen LogP contribution in [0.4, 0.5) is 4.39 Å². The third-order valence-electron chi connectivity index (χ3n) is 2.27. The zero-order valence-corrected chi connectivity index (χ0v) is 12.9. The van der Waals surface area contributed by atoms with Crippen LogP contribution in [0.15, 0.2) is 28.7 Å². The van der Waals surface area contributed by atoms with Gasteiger partial charge in [0.1, 0.15) is 6.17 Å². The van der Waals surface area contributed by atoms with Gasteiger partial charge in [0.15, 0.2) is 0 Å². The maximum atomic E-state index is 14.1. The molecule has 0 saturated carbocycles. The Morgan fingerprint density at radius 3 is 2.17 bits per heavy atom. The Balaban J connectivity index is 2.74. The van der Waals surface area contributed by atoms with Gasteiger partial charge >= 0.3 is 7.60 Å². The summed E-state index contributed by atoms with van der Waals surface area (Å²) >= 11 is 3.28. The highest BCUT2D eigenvalue weighted by Crippen LogP contribution is 2.51. The molecule has 1 aromatic carbocycles. The predicted octanol–water partition coefficient (Wildman–Crippen LogP) is 4.73. The molecule has 0 fully saturated rings. The van der Waals surface area contributed by atoms with Gasteiger partial charge in [0.05, 0.1) is 19.4 Å². The molecule has 102 valence electrons. The van der Waals surface area contributed by atoms with E-state index in [1.165, 1.54) is 0 Å². The van der Waals surface area contributed by atoms with Crippen molar-refractivity contribution in [3.05, 3.63) is 34.3 Å². The Hall–Kier alpha value is -0.220. The van der Waals surface area contributed by atoms with Crippen molar-refractivity contribution in [3.8, 4) is 0 Å². The Morgan fingerprint density at radius 1 is 1.22 bits per heavy atom. The zero-order chi connectivity index (χ0) is 13.6. The Labute approximate surface area is 115 Å². The molecule has 0 aromatic heterocycles. The number of benzene rings is 1. The molecule has 0 bridgehead atoms. The molecule has 3 nitrogen and oxygen atoms in total. The summed E-state index contributed by atoms with van der Waals surface area (Å²) in [5.41, 5.74) is 0.470. The summed E-state index contributed by atoms with van der Waals surface area (Å²) in [6, 6.07) is 6.79. The first-order valence-electron chi connectivity index (χ1n) is 5.78. The minimum Gasteiger partial charge on any atom is -0.309 e. The summed E-state index contributed by atoms with van der Waals surface area (Å²) in [5.74, 6) is 0. The van der Waals surface area contributed by atoms with Crippen molar-refractivity contribution >= 4 is 23.5 Å². The second-order valence-electron chi connectivity index (χ2n) is 3.65. The monoisotopic (exact) mass is 338 g/mol. The van der Waals surface area contributed by atoms with Gasteiger partial charge in [-0.3, -0.25) is 4.57 Å². The first kappa shape index (κ1) is 15.8. The molecular weight excluding hydrogens is 322 g/mol. The molecule has 0 aliphatic carbocycles. The molecule has 1 rings (SSSR count). The summed E-state index contributed by atoms with van der Waals surface area (Å²) in [6.07, 6.45) is -1.61. The summed E-state index contributed by atoms with van der Waals surface area (Å²) < 4.78 is 37.2. The van der Waals surface area contributed by atoms with Crippen molar-refractivity contribution in [2.24, 2.45) is 0 Å². The molecule has 1 atom stereocenters. The average Bonchev–Trinajstić information content (AvgIpc) is 2.30. The molecule has 18 heavy (non-hydrogen) atoms. The highest BCUT2D eigenvalue weighted by molar-refractivity contribution is 9.10. The van der Waals surface area contributed by atoms with Crippen LogP contribution in [0.2, 0.25) is 0 Å². The minimum atomic E-state index is -3.34. The number of rotatable bonds is 7. The zero-order valence-electron chi connectivity index (χ0n) is 10.4. The van der Waals surface area contributed by atoms with Crippen molar-refractivity contribution < 1.29 is 18.0 Å². The van der Waals surface area contributed by atoms with E-state index in [4.69, 9.17) is 9.05 Å². The molecule has 0 unspecified atom stereocenters. The Kier molecular flexibility index (Phi) is 6.50. The first-order valence-corrected chi connectivity index (χ1v) is 8.30. The molecule has 0 spiro atoms. The lowest BCUT2D eigenvalue weighted by Crippen LogP contribution is -2.05. The predicted molar refractivity (Wildman–Crippen MR) is 73.7 cm³/mol. The second-order valence-corrected chi connectivity index (χ2v) is 6.67.